The van der Waals surface area contributed by atoms with Crippen molar-refractivity contribution in [1.29, 1.82) is 0 Å². The van der Waals surface area contributed by atoms with E-state index < -0.39 is 10.0 Å². The number of likely N-dealkylation sites (N-methyl/N-ethyl adjacent to an activating group) is 1. The molecule has 1 amide bonds. The van der Waals surface area contributed by atoms with Crippen molar-refractivity contribution in [2.45, 2.75) is 18.7 Å². The zero-order valence-corrected chi connectivity index (χ0v) is 16.2. The lowest BCUT2D eigenvalue weighted by molar-refractivity contribution is -0.131. The van der Waals surface area contributed by atoms with E-state index in [1.54, 1.807) is 35.5 Å². The van der Waals surface area contributed by atoms with Gasteiger partial charge in [0.15, 0.2) is 0 Å². The zero-order valence-electron chi connectivity index (χ0n) is 15.4. The lowest BCUT2D eigenvalue weighted by Crippen LogP contribution is -2.44. The van der Waals surface area contributed by atoms with Crippen LogP contribution in [-0.4, -0.2) is 68.4 Å². The van der Waals surface area contributed by atoms with Crippen molar-refractivity contribution in [1.82, 2.24) is 14.2 Å². The summed E-state index contributed by atoms with van der Waals surface area (Å²) in [6, 6.07) is 6.71. The van der Waals surface area contributed by atoms with Crippen LogP contribution in [0.3, 0.4) is 0 Å². The highest BCUT2D eigenvalue weighted by Crippen LogP contribution is 2.25. The molecule has 7 nitrogen and oxygen atoms in total. The quantitative estimate of drug-likeness (QED) is 0.663. The molecule has 0 aliphatic heterocycles. The van der Waals surface area contributed by atoms with Crippen molar-refractivity contribution in [3.63, 3.8) is 0 Å². The number of hydrogen-bond acceptors (Lipinski definition) is 5. The van der Waals surface area contributed by atoms with Crippen LogP contribution in [0.4, 0.5) is 0 Å². The summed E-state index contributed by atoms with van der Waals surface area (Å²) in [7, 11) is -2.37. The molecule has 0 spiro atoms. The fourth-order valence-corrected chi connectivity index (χ4v) is 4.35. The lowest BCUT2D eigenvalue weighted by atomic mass is 10.2. The number of amides is 1. The SMILES string of the molecule is CCN(CC)C(=O)CN(CCOC)S(=O)(=O)c1cccc2cnccc12. The van der Waals surface area contributed by atoms with Gasteiger partial charge in [-0.05, 0) is 26.0 Å². The number of aromatic nitrogens is 1. The van der Waals surface area contributed by atoms with Gasteiger partial charge < -0.3 is 9.64 Å². The Balaban J connectivity index is 2.43. The number of pyridine rings is 1. The fourth-order valence-electron chi connectivity index (χ4n) is 2.76. The van der Waals surface area contributed by atoms with Crippen molar-refractivity contribution >= 4 is 26.7 Å². The van der Waals surface area contributed by atoms with Crippen LogP contribution in [0.15, 0.2) is 41.6 Å². The molecule has 0 saturated carbocycles. The molecule has 2 aromatic rings. The molecule has 1 aromatic heterocycles. The second kappa shape index (κ2) is 9.07. The molecule has 2 rings (SSSR count). The summed E-state index contributed by atoms with van der Waals surface area (Å²) in [4.78, 5) is 18.3. The number of nitrogens with zero attached hydrogens (tertiary/aromatic N) is 3. The van der Waals surface area contributed by atoms with Gasteiger partial charge in [0.25, 0.3) is 0 Å². The molecule has 0 radical (unpaired) electrons. The number of fused-ring (bicyclic) bond motifs is 1. The molecule has 0 unspecified atom stereocenters. The first-order valence-electron chi connectivity index (χ1n) is 8.55. The molecule has 0 atom stereocenters. The van der Waals surface area contributed by atoms with Gasteiger partial charge in [-0.2, -0.15) is 4.31 Å². The van der Waals surface area contributed by atoms with Gasteiger partial charge >= 0.3 is 0 Å². The fraction of sp³-hybridized carbons (Fsp3) is 0.444. The van der Waals surface area contributed by atoms with E-state index in [1.165, 1.54) is 11.4 Å². The first kappa shape index (κ1) is 20.3. The van der Waals surface area contributed by atoms with Gasteiger partial charge in [-0.1, -0.05) is 12.1 Å². The minimum atomic E-state index is -3.87. The first-order chi connectivity index (χ1) is 12.5. The molecule has 1 aromatic carbocycles. The molecule has 1 heterocycles. The third-order valence-electron chi connectivity index (χ3n) is 4.23. The Morgan fingerprint density at radius 1 is 1.19 bits per heavy atom. The van der Waals surface area contributed by atoms with Gasteiger partial charge in [-0.3, -0.25) is 9.78 Å². The minimum Gasteiger partial charge on any atom is -0.383 e. The highest BCUT2D eigenvalue weighted by Gasteiger charge is 2.29. The van der Waals surface area contributed by atoms with E-state index in [2.05, 4.69) is 4.98 Å². The summed E-state index contributed by atoms with van der Waals surface area (Å²) in [5, 5.41) is 1.32. The Labute approximate surface area is 154 Å². The van der Waals surface area contributed by atoms with Crippen LogP contribution >= 0.6 is 0 Å². The first-order valence-corrected chi connectivity index (χ1v) is 9.99. The van der Waals surface area contributed by atoms with E-state index in [-0.39, 0.29) is 30.5 Å². The van der Waals surface area contributed by atoms with Crippen LogP contribution in [0.5, 0.6) is 0 Å². The summed E-state index contributed by atoms with van der Waals surface area (Å²) >= 11 is 0. The van der Waals surface area contributed by atoms with E-state index in [9.17, 15) is 13.2 Å². The molecule has 0 bridgehead atoms. The average molecular weight is 379 g/mol. The standard InChI is InChI=1S/C18H25N3O4S/c1-4-20(5-2)18(22)14-21(11-12-25-3)26(23,24)17-8-6-7-15-13-19-10-9-16(15)17/h6-10,13H,4-5,11-12,14H2,1-3H3. The van der Waals surface area contributed by atoms with Crippen molar-refractivity contribution < 1.29 is 17.9 Å². The number of carbonyl (C=O) groups is 1. The second-order valence-corrected chi connectivity index (χ2v) is 7.66. The van der Waals surface area contributed by atoms with Crippen LogP contribution in [0, 0.1) is 0 Å². The van der Waals surface area contributed by atoms with E-state index >= 15 is 0 Å². The highest BCUT2D eigenvalue weighted by atomic mass is 32.2. The summed E-state index contributed by atoms with van der Waals surface area (Å²) in [6.07, 6.45) is 3.18. The van der Waals surface area contributed by atoms with Gasteiger partial charge in [0, 0.05) is 49.9 Å². The Morgan fingerprint density at radius 3 is 2.58 bits per heavy atom. The topological polar surface area (TPSA) is 79.8 Å². The summed E-state index contributed by atoms with van der Waals surface area (Å²) < 4.78 is 32.8. The average Bonchev–Trinajstić information content (AvgIpc) is 2.65. The largest absolute Gasteiger partial charge is 0.383 e. The molecule has 8 heteroatoms. The lowest BCUT2D eigenvalue weighted by Gasteiger charge is -2.26. The van der Waals surface area contributed by atoms with E-state index in [4.69, 9.17) is 4.74 Å². The number of sulfonamides is 1. The Kier molecular flexibility index (Phi) is 7.07. The molecule has 0 aliphatic carbocycles. The Bertz CT molecular complexity index is 845. The van der Waals surface area contributed by atoms with E-state index in [1.807, 2.05) is 19.9 Å². The molecule has 26 heavy (non-hydrogen) atoms. The molecular formula is C18H25N3O4S. The monoisotopic (exact) mass is 379 g/mol. The molecule has 0 N–H and O–H groups in total. The maximum atomic E-state index is 13.3. The second-order valence-electron chi connectivity index (χ2n) is 5.75. The third-order valence-corrected chi connectivity index (χ3v) is 6.13. The van der Waals surface area contributed by atoms with E-state index in [0.29, 0.717) is 18.5 Å². The number of benzene rings is 1. The molecule has 0 saturated heterocycles. The van der Waals surface area contributed by atoms with Crippen LogP contribution in [0.2, 0.25) is 0 Å². The van der Waals surface area contributed by atoms with Gasteiger partial charge in [0.05, 0.1) is 18.0 Å². The molecule has 0 aliphatic rings. The predicted octanol–water partition coefficient (Wildman–Crippen LogP) is 1.74. The molecule has 142 valence electrons. The smallest absolute Gasteiger partial charge is 0.244 e. The van der Waals surface area contributed by atoms with Crippen LogP contribution in [-0.2, 0) is 19.6 Å². The maximum Gasteiger partial charge on any atom is 0.244 e. The van der Waals surface area contributed by atoms with Crippen LogP contribution < -0.4 is 0 Å². The molecule has 0 fully saturated rings. The van der Waals surface area contributed by atoms with Crippen LogP contribution in [0.25, 0.3) is 10.8 Å². The number of ether oxygens (including phenoxy) is 1. The van der Waals surface area contributed by atoms with Crippen molar-refractivity contribution in [2.24, 2.45) is 0 Å². The number of methoxy groups -OCH3 is 1. The normalized spacial score (nSPS) is 11.8. The summed E-state index contributed by atoms with van der Waals surface area (Å²) in [5.41, 5.74) is 0. The zero-order chi connectivity index (χ0) is 19.2. The Hall–Kier alpha value is -2.03. The van der Waals surface area contributed by atoms with Crippen molar-refractivity contribution in [2.75, 3.05) is 39.9 Å². The minimum absolute atomic E-state index is 0.104. The Morgan fingerprint density at radius 2 is 1.92 bits per heavy atom. The van der Waals surface area contributed by atoms with Gasteiger partial charge in [0.2, 0.25) is 15.9 Å². The van der Waals surface area contributed by atoms with Gasteiger partial charge in [0.1, 0.15) is 0 Å². The van der Waals surface area contributed by atoms with Gasteiger partial charge in [-0.25, -0.2) is 8.42 Å². The number of rotatable bonds is 9. The third kappa shape index (κ3) is 4.38. The number of carbonyl (C=O) groups excluding carboxylic acids is 1. The predicted molar refractivity (Wildman–Crippen MR) is 100 cm³/mol. The molecular weight excluding hydrogens is 354 g/mol. The number of hydrogen-bond donors (Lipinski definition) is 0. The van der Waals surface area contributed by atoms with Crippen LogP contribution in [0.1, 0.15) is 13.8 Å². The van der Waals surface area contributed by atoms with E-state index in [0.717, 1.165) is 5.39 Å². The van der Waals surface area contributed by atoms with Crippen molar-refractivity contribution in [3.8, 4) is 0 Å². The highest BCUT2D eigenvalue weighted by molar-refractivity contribution is 7.89. The maximum absolute atomic E-state index is 13.3. The van der Waals surface area contributed by atoms with Crippen molar-refractivity contribution in [3.05, 3.63) is 36.7 Å². The summed E-state index contributed by atoms with van der Waals surface area (Å²) in [6.45, 7) is 4.90. The summed E-state index contributed by atoms with van der Waals surface area (Å²) in [5.74, 6) is -0.225. The van der Waals surface area contributed by atoms with Gasteiger partial charge in [-0.15, -0.1) is 0 Å².